The molecule has 0 bridgehead atoms. The minimum Gasteiger partial charge on any atom is -0.425 e. The Morgan fingerprint density at radius 3 is 2.42 bits per heavy atom. The van der Waals surface area contributed by atoms with Gasteiger partial charge in [0.1, 0.15) is 5.75 Å². The van der Waals surface area contributed by atoms with Gasteiger partial charge in [-0.05, 0) is 50.7 Å². The van der Waals surface area contributed by atoms with E-state index in [1.807, 2.05) is 19.1 Å². The van der Waals surface area contributed by atoms with Crippen LogP contribution in [0.4, 0.5) is 0 Å². The van der Waals surface area contributed by atoms with Gasteiger partial charge >= 0.3 is 5.97 Å². The third-order valence-electron chi connectivity index (χ3n) is 3.96. The van der Waals surface area contributed by atoms with E-state index in [-0.39, 0.29) is 0 Å². The first-order valence-electron chi connectivity index (χ1n) is 6.76. The van der Waals surface area contributed by atoms with Crippen molar-refractivity contribution in [2.45, 2.75) is 39.5 Å². The molecule has 3 heteroatoms. The number of aryl methyl sites for hydroxylation is 1. The van der Waals surface area contributed by atoms with Crippen molar-refractivity contribution in [2.75, 3.05) is 0 Å². The van der Waals surface area contributed by atoms with Crippen molar-refractivity contribution >= 4 is 5.97 Å². The molecule has 19 heavy (non-hydrogen) atoms. The zero-order chi connectivity index (χ0) is 13.9. The Bertz CT molecular complexity index is 490. The molecule has 1 saturated carbocycles. The van der Waals surface area contributed by atoms with E-state index in [9.17, 15) is 10.1 Å². The lowest BCUT2D eigenvalue weighted by molar-refractivity contribution is -0.144. The van der Waals surface area contributed by atoms with Crippen molar-refractivity contribution in [1.29, 1.82) is 5.26 Å². The summed E-state index contributed by atoms with van der Waals surface area (Å²) < 4.78 is 5.38. The summed E-state index contributed by atoms with van der Waals surface area (Å²) in [6.45, 7) is 4.14. The summed E-state index contributed by atoms with van der Waals surface area (Å²) in [6, 6.07) is 9.52. The molecule has 1 aliphatic carbocycles. The summed E-state index contributed by atoms with van der Waals surface area (Å²) in [4.78, 5) is 12.3. The minimum absolute atomic E-state index is 0.397. The van der Waals surface area contributed by atoms with Crippen LogP contribution in [0.3, 0.4) is 0 Å². The first-order valence-corrected chi connectivity index (χ1v) is 6.76. The fourth-order valence-electron chi connectivity index (χ4n) is 2.43. The molecule has 0 radical (unpaired) electrons. The summed E-state index contributed by atoms with van der Waals surface area (Å²) in [5.41, 5.74) is 0.165. The van der Waals surface area contributed by atoms with Gasteiger partial charge in [0.15, 0.2) is 5.41 Å². The van der Waals surface area contributed by atoms with Gasteiger partial charge in [-0.3, -0.25) is 0 Å². The van der Waals surface area contributed by atoms with Crippen LogP contribution in [0, 0.1) is 29.6 Å². The van der Waals surface area contributed by atoms with E-state index in [4.69, 9.17) is 4.74 Å². The summed E-state index contributed by atoms with van der Waals surface area (Å²) in [7, 11) is 0. The van der Waals surface area contributed by atoms with E-state index < -0.39 is 11.4 Å². The summed E-state index contributed by atoms with van der Waals surface area (Å²) in [6.07, 6.45) is 3.04. The fraction of sp³-hybridized carbons (Fsp3) is 0.500. The first kappa shape index (κ1) is 13.6. The third-order valence-corrected chi connectivity index (χ3v) is 3.96. The number of hydrogen-bond acceptors (Lipinski definition) is 3. The molecule has 0 saturated heterocycles. The Kier molecular flexibility index (Phi) is 3.90. The Balaban J connectivity index is 2.09. The van der Waals surface area contributed by atoms with Gasteiger partial charge in [-0.25, -0.2) is 4.79 Å². The van der Waals surface area contributed by atoms with Crippen LogP contribution in [0.5, 0.6) is 5.75 Å². The molecule has 0 unspecified atom stereocenters. The van der Waals surface area contributed by atoms with Crippen LogP contribution >= 0.6 is 0 Å². The molecule has 1 aromatic rings. The van der Waals surface area contributed by atoms with E-state index in [2.05, 4.69) is 13.0 Å². The van der Waals surface area contributed by atoms with Gasteiger partial charge < -0.3 is 4.74 Å². The number of hydrogen-bond donors (Lipinski definition) is 0. The second-order valence-corrected chi connectivity index (χ2v) is 5.58. The number of rotatable bonds is 2. The van der Waals surface area contributed by atoms with Crippen molar-refractivity contribution < 1.29 is 9.53 Å². The van der Waals surface area contributed by atoms with Gasteiger partial charge in [0.05, 0.1) is 6.07 Å². The van der Waals surface area contributed by atoms with Gasteiger partial charge in [-0.15, -0.1) is 0 Å². The van der Waals surface area contributed by atoms with Crippen LogP contribution in [0.2, 0.25) is 0 Å². The normalized spacial score (nSPS) is 26.5. The van der Waals surface area contributed by atoms with Gasteiger partial charge in [-0.2, -0.15) is 5.26 Å². The molecule has 0 amide bonds. The number of carbonyl (C=O) groups is 1. The Labute approximate surface area is 114 Å². The van der Waals surface area contributed by atoms with Crippen LogP contribution in [0.1, 0.15) is 38.2 Å². The molecule has 100 valence electrons. The molecule has 0 N–H and O–H groups in total. The predicted molar refractivity (Wildman–Crippen MR) is 72.5 cm³/mol. The maximum atomic E-state index is 12.3. The maximum absolute atomic E-state index is 12.3. The predicted octanol–water partition coefficient (Wildman–Crippen LogP) is 3.62. The van der Waals surface area contributed by atoms with E-state index in [1.54, 1.807) is 12.1 Å². The smallest absolute Gasteiger partial charge is 0.331 e. The van der Waals surface area contributed by atoms with E-state index in [0.29, 0.717) is 24.5 Å². The quantitative estimate of drug-likeness (QED) is 0.600. The van der Waals surface area contributed by atoms with Crippen molar-refractivity contribution in [3.63, 3.8) is 0 Å². The number of benzene rings is 1. The van der Waals surface area contributed by atoms with Crippen molar-refractivity contribution in [2.24, 2.45) is 11.3 Å². The molecule has 0 aliphatic heterocycles. The number of carbonyl (C=O) groups excluding carboxylic acids is 1. The third kappa shape index (κ3) is 2.96. The van der Waals surface area contributed by atoms with Crippen LogP contribution in [-0.2, 0) is 4.79 Å². The Hall–Kier alpha value is -1.82. The van der Waals surface area contributed by atoms with Gasteiger partial charge in [0.25, 0.3) is 0 Å². The Morgan fingerprint density at radius 1 is 1.32 bits per heavy atom. The average Bonchev–Trinajstić information content (AvgIpc) is 2.42. The maximum Gasteiger partial charge on any atom is 0.331 e. The molecule has 1 fully saturated rings. The largest absolute Gasteiger partial charge is 0.425 e. The van der Waals surface area contributed by atoms with Gasteiger partial charge in [0.2, 0.25) is 0 Å². The lowest BCUT2D eigenvalue weighted by Crippen LogP contribution is -2.37. The molecule has 0 atom stereocenters. The molecule has 0 heterocycles. The number of ether oxygens (including phenoxy) is 1. The molecule has 0 aromatic heterocycles. The SMILES string of the molecule is Cc1ccc(OC(=O)C2(C#N)CCC(C)CC2)cc1. The van der Waals surface area contributed by atoms with Crippen LogP contribution in [0.15, 0.2) is 24.3 Å². The highest BCUT2D eigenvalue weighted by Crippen LogP contribution is 2.39. The van der Waals surface area contributed by atoms with E-state index >= 15 is 0 Å². The Morgan fingerprint density at radius 2 is 1.89 bits per heavy atom. The van der Waals surface area contributed by atoms with Gasteiger partial charge in [0, 0.05) is 0 Å². The van der Waals surface area contributed by atoms with Crippen LogP contribution < -0.4 is 4.74 Å². The summed E-state index contributed by atoms with van der Waals surface area (Å²) in [5.74, 6) is 0.711. The zero-order valence-corrected chi connectivity index (χ0v) is 11.5. The number of esters is 1. The first-order chi connectivity index (χ1) is 9.05. The molecular formula is C16H19NO2. The molecule has 0 spiro atoms. The lowest BCUT2D eigenvalue weighted by atomic mass is 9.72. The standard InChI is InChI=1S/C16H19NO2/c1-12-3-5-14(6-4-12)19-15(18)16(11-17)9-7-13(2)8-10-16/h3-6,13H,7-10H2,1-2H3. The summed E-state index contributed by atoms with van der Waals surface area (Å²) >= 11 is 0. The van der Waals surface area contributed by atoms with E-state index in [0.717, 1.165) is 18.4 Å². The lowest BCUT2D eigenvalue weighted by Gasteiger charge is -2.31. The van der Waals surface area contributed by atoms with Crippen LogP contribution in [0.25, 0.3) is 0 Å². The zero-order valence-electron chi connectivity index (χ0n) is 11.5. The molecule has 2 rings (SSSR count). The molecule has 3 nitrogen and oxygen atoms in total. The van der Waals surface area contributed by atoms with E-state index in [1.165, 1.54) is 0 Å². The average molecular weight is 257 g/mol. The highest BCUT2D eigenvalue weighted by molar-refractivity contribution is 5.82. The van der Waals surface area contributed by atoms with Crippen molar-refractivity contribution in [3.05, 3.63) is 29.8 Å². The second kappa shape index (κ2) is 5.44. The monoisotopic (exact) mass is 257 g/mol. The topological polar surface area (TPSA) is 50.1 Å². The highest BCUT2D eigenvalue weighted by atomic mass is 16.5. The van der Waals surface area contributed by atoms with Crippen LogP contribution in [-0.4, -0.2) is 5.97 Å². The minimum atomic E-state index is -0.947. The van der Waals surface area contributed by atoms with Crippen molar-refractivity contribution in [3.8, 4) is 11.8 Å². The molecule has 1 aromatic carbocycles. The van der Waals surface area contributed by atoms with Crippen molar-refractivity contribution in [1.82, 2.24) is 0 Å². The second-order valence-electron chi connectivity index (χ2n) is 5.58. The number of nitriles is 1. The number of nitrogens with zero attached hydrogens (tertiary/aromatic N) is 1. The van der Waals surface area contributed by atoms with Gasteiger partial charge in [-0.1, -0.05) is 24.6 Å². The fourth-order valence-corrected chi connectivity index (χ4v) is 2.43. The molecular weight excluding hydrogens is 238 g/mol. The highest BCUT2D eigenvalue weighted by Gasteiger charge is 2.43. The molecule has 1 aliphatic rings. The summed E-state index contributed by atoms with van der Waals surface area (Å²) in [5, 5.41) is 9.37.